The largest absolute Gasteiger partial charge is 0.497 e. The topological polar surface area (TPSA) is 46.6 Å². The highest BCUT2D eigenvalue weighted by atomic mass is 35.5. The highest BCUT2D eigenvalue weighted by molar-refractivity contribution is 7.92. The van der Waals surface area contributed by atoms with Crippen LogP contribution in [0.25, 0.3) is 0 Å². The number of anilines is 1. The highest BCUT2D eigenvalue weighted by Gasteiger charge is 2.30. The molecule has 6 heteroatoms. The zero-order valence-electron chi connectivity index (χ0n) is 15.0. The Balaban J connectivity index is 2.14. The van der Waals surface area contributed by atoms with Crippen molar-refractivity contribution in [3.8, 4) is 5.75 Å². The molecule has 0 fully saturated rings. The summed E-state index contributed by atoms with van der Waals surface area (Å²) in [6, 6.07) is 22.1. The molecule has 0 spiro atoms. The van der Waals surface area contributed by atoms with Crippen LogP contribution in [0, 0.1) is 0 Å². The summed E-state index contributed by atoms with van der Waals surface area (Å²) in [7, 11) is -2.20. The number of rotatable bonds is 6. The maximum atomic E-state index is 13.4. The van der Waals surface area contributed by atoms with Gasteiger partial charge in [0.25, 0.3) is 10.0 Å². The molecular weight excluding hydrogens is 382 g/mol. The van der Waals surface area contributed by atoms with E-state index >= 15 is 0 Å². The fraction of sp³-hybridized carbons (Fsp3) is 0.143. The highest BCUT2D eigenvalue weighted by Crippen LogP contribution is 2.34. The molecule has 0 radical (unpaired) electrons. The van der Waals surface area contributed by atoms with E-state index in [9.17, 15) is 8.42 Å². The lowest BCUT2D eigenvalue weighted by Gasteiger charge is -2.31. The molecule has 0 aliphatic carbocycles. The molecule has 0 aliphatic rings. The van der Waals surface area contributed by atoms with Crippen LogP contribution in [-0.4, -0.2) is 15.5 Å². The summed E-state index contributed by atoms with van der Waals surface area (Å²) >= 11 is 6.00. The third-order valence-corrected chi connectivity index (χ3v) is 6.47. The minimum absolute atomic E-state index is 0.231. The van der Waals surface area contributed by atoms with E-state index in [-0.39, 0.29) is 4.90 Å². The molecule has 3 rings (SSSR count). The molecule has 0 aromatic heterocycles. The van der Waals surface area contributed by atoms with Crippen molar-refractivity contribution in [2.75, 3.05) is 11.4 Å². The summed E-state index contributed by atoms with van der Waals surface area (Å²) in [6.45, 7) is 1.85. The molecule has 1 atom stereocenters. The molecular formula is C21H20ClNO3S. The average molecular weight is 402 g/mol. The van der Waals surface area contributed by atoms with Gasteiger partial charge in [-0.15, -0.1) is 0 Å². The summed E-state index contributed by atoms with van der Waals surface area (Å²) < 4.78 is 33.6. The van der Waals surface area contributed by atoms with Crippen LogP contribution in [0.5, 0.6) is 5.75 Å². The number of sulfonamides is 1. The number of ether oxygens (including phenoxy) is 1. The third-order valence-electron chi connectivity index (χ3n) is 4.31. The van der Waals surface area contributed by atoms with Gasteiger partial charge in [-0.05, 0) is 61.0 Å². The molecule has 0 bridgehead atoms. The predicted molar refractivity (Wildman–Crippen MR) is 109 cm³/mol. The summed E-state index contributed by atoms with van der Waals surface area (Å²) in [5, 5.41) is 0.546. The summed E-state index contributed by atoms with van der Waals surface area (Å²) in [6.07, 6.45) is 0. The first-order valence-corrected chi connectivity index (χ1v) is 10.2. The normalized spacial score (nSPS) is 12.4. The second kappa shape index (κ2) is 8.03. The van der Waals surface area contributed by atoms with Gasteiger partial charge in [0, 0.05) is 5.02 Å². The Morgan fingerprint density at radius 1 is 0.926 bits per heavy atom. The minimum Gasteiger partial charge on any atom is -0.497 e. The van der Waals surface area contributed by atoms with E-state index in [4.69, 9.17) is 16.3 Å². The van der Waals surface area contributed by atoms with Crippen molar-refractivity contribution in [2.24, 2.45) is 0 Å². The number of nitrogens with zero attached hydrogens (tertiary/aromatic N) is 1. The van der Waals surface area contributed by atoms with E-state index in [0.29, 0.717) is 16.5 Å². The van der Waals surface area contributed by atoms with Crippen molar-refractivity contribution in [2.45, 2.75) is 17.9 Å². The van der Waals surface area contributed by atoms with Gasteiger partial charge in [0.1, 0.15) is 5.75 Å². The third kappa shape index (κ3) is 4.10. The van der Waals surface area contributed by atoms with Crippen molar-refractivity contribution in [3.05, 3.63) is 89.4 Å². The van der Waals surface area contributed by atoms with Crippen LogP contribution < -0.4 is 9.04 Å². The Bertz CT molecular complexity index is 1010. The van der Waals surface area contributed by atoms with Gasteiger partial charge in [-0.3, -0.25) is 4.31 Å². The van der Waals surface area contributed by atoms with Gasteiger partial charge in [-0.25, -0.2) is 8.42 Å². The van der Waals surface area contributed by atoms with Crippen LogP contribution in [-0.2, 0) is 10.0 Å². The molecule has 27 heavy (non-hydrogen) atoms. The quantitative estimate of drug-likeness (QED) is 0.562. The Kier molecular flexibility index (Phi) is 5.73. The smallest absolute Gasteiger partial charge is 0.264 e. The number of hydrogen-bond donors (Lipinski definition) is 0. The van der Waals surface area contributed by atoms with Crippen LogP contribution in [0.3, 0.4) is 0 Å². The zero-order chi connectivity index (χ0) is 19.4. The monoisotopic (exact) mass is 401 g/mol. The zero-order valence-corrected chi connectivity index (χ0v) is 16.6. The van der Waals surface area contributed by atoms with Crippen LogP contribution >= 0.6 is 11.6 Å². The Morgan fingerprint density at radius 3 is 2.22 bits per heavy atom. The van der Waals surface area contributed by atoms with Crippen LogP contribution in [0.15, 0.2) is 83.8 Å². The van der Waals surface area contributed by atoms with Crippen molar-refractivity contribution in [1.29, 1.82) is 0 Å². The average Bonchev–Trinajstić information content (AvgIpc) is 2.70. The van der Waals surface area contributed by atoms with Gasteiger partial charge in [0.15, 0.2) is 0 Å². The predicted octanol–water partition coefficient (Wildman–Crippen LogP) is 5.31. The second-order valence-corrected chi connectivity index (χ2v) is 8.29. The lowest BCUT2D eigenvalue weighted by Crippen LogP contribution is -2.33. The van der Waals surface area contributed by atoms with E-state index in [1.807, 2.05) is 31.2 Å². The van der Waals surface area contributed by atoms with E-state index in [2.05, 4.69) is 0 Å². The van der Waals surface area contributed by atoms with Crippen molar-refractivity contribution in [1.82, 2.24) is 0 Å². The molecule has 0 amide bonds. The molecule has 0 unspecified atom stereocenters. The van der Waals surface area contributed by atoms with Gasteiger partial charge >= 0.3 is 0 Å². The summed E-state index contributed by atoms with van der Waals surface area (Å²) in [4.78, 5) is 0.231. The van der Waals surface area contributed by atoms with Gasteiger partial charge in [0.05, 0.1) is 23.7 Å². The first kappa shape index (κ1) is 19.3. The molecule has 4 nitrogen and oxygen atoms in total. The van der Waals surface area contributed by atoms with E-state index in [1.54, 1.807) is 61.7 Å². The lowest BCUT2D eigenvalue weighted by atomic mass is 10.1. The molecule has 140 valence electrons. The molecule has 3 aromatic rings. The van der Waals surface area contributed by atoms with Crippen molar-refractivity contribution >= 4 is 27.3 Å². The molecule has 3 aromatic carbocycles. The maximum Gasteiger partial charge on any atom is 0.264 e. The molecule has 0 N–H and O–H groups in total. The number of methoxy groups -OCH3 is 1. The minimum atomic E-state index is -3.78. The van der Waals surface area contributed by atoms with Gasteiger partial charge < -0.3 is 4.74 Å². The molecule has 0 aliphatic heterocycles. The second-order valence-electron chi connectivity index (χ2n) is 6.04. The van der Waals surface area contributed by atoms with E-state index in [0.717, 1.165) is 5.56 Å². The van der Waals surface area contributed by atoms with Crippen LogP contribution in [0.4, 0.5) is 5.69 Å². The number of halogens is 1. The standard InChI is InChI=1S/C21H20ClNO3S/c1-16(17-7-6-8-20(15-17)26-2)23(19-13-11-18(22)12-14-19)27(24,25)21-9-4-3-5-10-21/h3-16H,1-2H3/t16-/m0/s1. The van der Waals surface area contributed by atoms with Crippen LogP contribution in [0.2, 0.25) is 5.02 Å². The van der Waals surface area contributed by atoms with Crippen molar-refractivity contribution in [3.63, 3.8) is 0 Å². The van der Waals surface area contributed by atoms with E-state index < -0.39 is 16.1 Å². The fourth-order valence-electron chi connectivity index (χ4n) is 2.90. The first-order chi connectivity index (χ1) is 12.9. The molecule has 0 saturated heterocycles. The van der Waals surface area contributed by atoms with E-state index in [1.165, 1.54) is 4.31 Å². The maximum absolute atomic E-state index is 13.4. The summed E-state index contributed by atoms with van der Waals surface area (Å²) in [5.41, 5.74) is 1.36. The Labute approximate surface area is 165 Å². The first-order valence-electron chi connectivity index (χ1n) is 8.42. The molecule has 0 saturated carbocycles. The van der Waals surface area contributed by atoms with Gasteiger partial charge in [-0.2, -0.15) is 0 Å². The lowest BCUT2D eigenvalue weighted by molar-refractivity contribution is 0.414. The Morgan fingerprint density at radius 2 is 1.59 bits per heavy atom. The summed E-state index contributed by atoms with van der Waals surface area (Å²) in [5.74, 6) is 0.674. The SMILES string of the molecule is COc1cccc([C@H](C)N(c2ccc(Cl)cc2)S(=O)(=O)c2ccccc2)c1. The number of hydrogen-bond acceptors (Lipinski definition) is 3. The van der Waals surface area contributed by atoms with Crippen molar-refractivity contribution < 1.29 is 13.2 Å². The van der Waals surface area contributed by atoms with Gasteiger partial charge in [0.2, 0.25) is 0 Å². The molecule has 0 heterocycles. The Hall–Kier alpha value is -2.50. The van der Waals surface area contributed by atoms with Gasteiger partial charge in [-0.1, -0.05) is 41.9 Å². The fourth-order valence-corrected chi connectivity index (χ4v) is 4.69. The van der Waals surface area contributed by atoms with Crippen LogP contribution in [0.1, 0.15) is 18.5 Å². The number of benzene rings is 3.